The lowest BCUT2D eigenvalue weighted by Crippen LogP contribution is -2.38. The van der Waals surface area contributed by atoms with Gasteiger partial charge in [0.2, 0.25) is 10.0 Å². The molecule has 0 amide bonds. The van der Waals surface area contributed by atoms with Crippen LogP contribution in [-0.2, 0) is 10.0 Å². The van der Waals surface area contributed by atoms with Gasteiger partial charge in [-0.25, -0.2) is 23.4 Å². The number of fused-ring (bicyclic) bond motifs is 1. The van der Waals surface area contributed by atoms with Crippen molar-refractivity contribution in [3.63, 3.8) is 0 Å². The molecule has 0 aliphatic carbocycles. The van der Waals surface area contributed by atoms with Crippen molar-refractivity contribution in [1.29, 1.82) is 0 Å². The monoisotopic (exact) mass is 413 g/mol. The lowest BCUT2D eigenvalue weighted by Gasteiger charge is -2.24. The molecule has 0 aromatic carbocycles. The summed E-state index contributed by atoms with van der Waals surface area (Å²) < 4.78 is 27.7. The average Bonchev–Trinajstić information content (AvgIpc) is 3.31. The number of hydrogen-bond acceptors (Lipinski definition) is 7. The second-order valence-corrected chi connectivity index (χ2v) is 9.47. The van der Waals surface area contributed by atoms with Gasteiger partial charge < -0.3 is 10.6 Å². The molecule has 2 fully saturated rings. The molecule has 1 unspecified atom stereocenters. The van der Waals surface area contributed by atoms with Crippen molar-refractivity contribution >= 4 is 27.3 Å². The van der Waals surface area contributed by atoms with Crippen LogP contribution in [0, 0.1) is 0 Å². The maximum atomic E-state index is 12.3. The number of hydrogen-bond donors (Lipinski definition) is 2. The Morgan fingerprint density at radius 3 is 2.90 bits per heavy atom. The Morgan fingerprint density at radius 1 is 1.17 bits per heavy atom. The number of rotatable bonds is 4. The second kappa shape index (κ2) is 7.27. The minimum Gasteiger partial charge on any atom is -0.366 e. The van der Waals surface area contributed by atoms with Gasteiger partial charge in [-0.2, -0.15) is 0 Å². The highest BCUT2D eigenvalue weighted by molar-refractivity contribution is 7.93. The van der Waals surface area contributed by atoms with E-state index < -0.39 is 10.0 Å². The summed E-state index contributed by atoms with van der Waals surface area (Å²) in [5, 5.41) is 6.89. The fraction of sp³-hybridized carbons (Fsp3) is 0.421. The van der Waals surface area contributed by atoms with Crippen LogP contribution in [0.4, 0.5) is 11.6 Å². The number of aromatic nitrogens is 4. The van der Waals surface area contributed by atoms with Gasteiger partial charge in [0, 0.05) is 19.1 Å². The molecule has 5 rings (SSSR count). The SMILES string of the molecule is O=S1(=O)CCCN1c1cn2c(-c3cccc(NC4CCCNC4)n3)cnc2cn1. The highest BCUT2D eigenvalue weighted by Gasteiger charge is 2.29. The molecule has 1 atom stereocenters. The Balaban J connectivity index is 1.48. The van der Waals surface area contributed by atoms with Crippen molar-refractivity contribution in [2.75, 3.05) is 35.0 Å². The predicted octanol–water partition coefficient (Wildman–Crippen LogP) is 1.50. The topological polar surface area (TPSA) is 105 Å². The summed E-state index contributed by atoms with van der Waals surface area (Å²) in [4.78, 5) is 13.5. The average molecular weight is 414 g/mol. The van der Waals surface area contributed by atoms with Gasteiger partial charge in [-0.3, -0.25) is 8.71 Å². The molecule has 3 aromatic rings. The molecule has 29 heavy (non-hydrogen) atoms. The molecule has 0 saturated carbocycles. The van der Waals surface area contributed by atoms with Crippen LogP contribution in [0.3, 0.4) is 0 Å². The van der Waals surface area contributed by atoms with E-state index >= 15 is 0 Å². The highest BCUT2D eigenvalue weighted by atomic mass is 32.2. The molecule has 152 valence electrons. The summed E-state index contributed by atoms with van der Waals surface area (Å²) in [5.74, 6) is 1.40. The fourth-order valence-electron chi connectivity index (χ4n) is 3.94. The molecular weight excluding hydrogens is 390 g/mol. The Morgan fingerprint density at radius 2 is 2.10 bits per heavy atom. The number of imidazole rings is 1. The van der Waals surface area contributed by atoms with Crippen LogP contribution < -0.4 is 14.9 Å². The van der Waals surface area contributed by atoms with Gasteiger partial charge in [0.25, 0.3) is 0 Å². The van der Waals surface area contributed by atoms with Crippen LogP contribution >= 0.6 is 0 Å². The van der Waals surface area contributed by atoms with E-state index in [0.29, 0.717) is 30.5 Å². The molecule has 0 bridgehead atoms. The molecule has 0 radical (unpaired) electrons. The Kier molecular flexibility index (Phi) is 4.59. The van der Waals surface area contributed by atoms with Gasteiger partial charge in [-0.1, -0.05) is 6.07 Å². The van der Waals surface area contributed by atoms with E-state index in [0.717, 1.165) is 43.1 Å². The minimum atomic E-state index is -3.29. The maximum Gasteiger partial charge on any atom is 0.236 e. The molecule has 2 saturated heterocycles. The Bertz CT molecular complexity index is 1140. The zero-order valence-corrected chi connectivity index (χ0v) is 16.8. The van der Waals surface area contributed by atoms with Crippen molar-refractivity contribution in [2.45, 2.75) is 25.3 Å². The van der Waals surface area contributed by atoms with Crippen molar-refractivity contribution in [2.24, 2.45) is 0 Å². The summed E-state index contributed by atoms with van der Waals surface area (Å²) >= 11 is 0. The van der Waals surface area contributed by atoms with E-state index in [1.807, 2.05) is 22.6 Å². The summed E-state index contributed by atoms with van der Waals surface area (Å²) in [6.45, 7) is 2.45. The van der Waals surface area contributed by atoms with E-state index in [2.05, 4.69) is 20.6 Å². The second-order valence-electron chi connectivity index (χ2n) is 7.45. The number of sulfonamides is 1. The standard InChI is InChI=1S/C19H23N7O2S/c27-29(28)9-3-8-26(29)19-13-25-16(11-21-18(25)12-22-19)15-5-1-6-17(24-15)23-14-4-2-7-20-10-14/h1,5-6,11-14,20H,2-4,7-10H2,(H,23,24). The lowest BCUT2D eigenvalue weighted by atomic mass is 10.1. The fourth-order valence-corrected chi connectivity index (χ4v) is 5.44. The van der Waals surface area contributed by atoms with Gasteiger partial charge in [-0.05, 0) is 37.9 Å². The molecular formula is C19H23N7O2S. The van der Waals surface area contributed by atoms with E-state index in [4.69, 9.17) is 4.98 Å². The molecule has 2 N–H and O–H groups in total. The number of anilines is 2. The number of piperidine rings is 1. The third kappa shape index (κ3) is 3.53. The van der Waals surface area contributed by atoms with E-state index in [9.17, 15) is 8.42 Å². The Labute approximate surface area is 169 Å². The molecule has 3 aromatic heterocycles. The van der Waals surface area contributed by atoms with Gasteiger partial charge in [0.15, 0.2) is 11.5 Å². The third-order valence-corrected chi connectivity index (χ3v) is 7.24. The van der Waals surface area contributed by atoms with Crippen LogP contribution in [0.5, 0.6) is 0 Å². The van der Waals surface area contributed by atoms with E-state index in [1.165, 1.54) is 4.31 Å². The predicted molar refractivity (Wildman–Crippen MR) is 111 cm³/mol. The van der Waals surface area contributed by atoms with Crippen LogP contribution in [-0.4, -0.2) is 59.2 Å². The quantitative estimate of drug-likeness (QED) is 0.668. The summed E-state index contributed by atoms with van der Waals surface area (Å²) in [6.07, 6.45) is 7.96. The van der Waals surface area contributed by atoms with Crippen LogP contribution in [0.15, 0.2) is 36.8 Å². The molecule has 5 heterocycles. The number of nitrogens with one attached hydrogen (secondary N) is 2. The first-order chi connectivity index (χ1) is 14.1. The van der Waals surface area contributed by atoms with Gasteiger partial charge in [-0.15, -0.1) is 0 Å². The van der Waals surface area contributed by atoms with Gasteiger partial charge in [0.05, 0.1) is 35.7 Å². The normalized spacial score (nSPS) is 21.5. The van der Waals surface area contributed by atoms with Crippen molar-refractivity contribution in [3.8, 4) is 11.4 Å². The van der Waals surface area contributed by atoms with Crippen molar-refractivity contribution in [3.05, 3.63) is 36.8 Å². The summed E-state index contributed by atoms with van der Waals surface area (Å²) in [6, 6.07) is 6.23. The highest BCUT2D eigenvalue weighted by Crippen LogP contribution is 2.26. The van der Waals surface area contributed by atoms with Crippen LogP contribution in [0.25, 0.3) is 17.0 Å². The van der Waals surface area contributed by atoms with Gasteiger partial charge >= 0.3 is 0 Å². The zero-order valence-electron chi connectivity index (χ0n) is 16.0. The molecule has 2 aliphatic heterocycles. The van der Waals surface area contributed by atoms with Crippen molar-refractivity contribution in [1.82, 2.24) is 24.7 Å². The first-order valence-electron chi connectivity index (χ1n) is 9.88. The number of nitrogens with zero attached hydrogens (tertiary/aromatic N) is 5. The largest absolute Gasteiger partial charge is 0.366 e. The lowest BCUT2D eigenvalue weighted by molar-refractivity contribution is 0.479. The first kappa shape index (κ1) is 18.3. The van der Waals surface area contributed by atoms with Gasteiger partial charge in [0.1, 0.15) is 5.82 Å². The smallest absolute Gasteiger partial charge is 0.236 e. The molecule has 9 nitrogen and oxygen atoms in total. The third-order valence-electron chi connectivity index (χ3n) is 5.40. The Hall–Kier alpha value is -2.72. The summed E-state index contributed by atoms with van der Waals surface area (Å²) in [7, 11) is -3.29. The first-order valence-corrected chi connectivity index (χ1v) is 11.5. The molecule has 10 heteroatoms. The number of pyridine rings is 1. The maximum absolute atomic E-state index is 12.3. The zero-order chi connectivity index (χ0) is 19.8. The summed E-state index contributed by atoms with van der Waals surface area (Å²) in [5.41, 5.74) is 2.22. The molecule has 0 spiro atoms. The van der Waals surface area contributed by atoms with E-state index in [1.54, 1.807) is 18.6 Å². The van der Waals surface area contributed by atoms with E-state index in [-0.39, 0.29) is 5.75 Å². The van der Waals surface area contributed by atoms with Crippen LogP contribution in [0.2, 0.25) is 0 Å². The molecule has 2 aliphatic rings. The van der Waals surface area contributed by atoms with Crippen molar-refractivity contribution < 1.29 is 8.42 Å². The minimum absolute atomic E-state index is 0.162. The van der Waals surface area contributed by atoms with Crippen LogP contribution in [0.1, 0.15) is 19.3 Å².